The Morgan fingerprint density at radius 2 is 1.86 bits per heavy atom. The zero-order valence-corrected chi connectivity index (χ0v) is 13.0. The molecule has 0 saturated heterocycles. The van der Waals surface area contributed by atoms with E-state index in [-0.39, 0.29) is 5.56 Å². The summed E-state index contributed by atoms with van der Waals surface area (Å²) in [5.74, 6) is -0.949. The number of nitrogens with zero attached hydrogens (tertiary/aromatic N) is 1. The maximum absolute atomic E-state index is 11.3. The first-order valence-electron chi connectivity index (χ1n) is 6.86. The summed E-state index contributed by atoms with van der Waals surface area (Å²) >= 11 is 6.37. The van der Waals surface area contributed by atoms with Crippen molar-refractivity contribution >= 4 is 28.5 Å². The molecule has 1 heterocycles. The molecule has 110 valence electrons. The summed E-state index contributed by atoms with van der Waals surface area (Å²) in [4.78, 5) is 15.7. The number of pyridine rings is 1. The average molecular weight is 312 g/mol. The molecule has 3 nitrogen and oxygen atoms in total. The first kappa shape index (κ1) is 14.5. The molecule has 3 aromatic rings. The third kappa shape index (κ3) is 2.44. The van der Waals surface area contributed by atoms with Gasteiger partial charge >= 0.3 is 5.97 Å². The molecule has 0 aliphatic heterocycles. The number of carbonyl (C=O) groups is 1. The molecular formula is C18H14ClNO2. The van der Waals surface area contributed by atoms with Crippen molar-refractivity contribution in [2.75, 3.05) is 0 Å². The Bertz CT molecular complexity index is 903. The lowest BCUT2D eigenvalue weighted by molar-refractivity contribution is 0.0697. The van der Waals surface area contributed by atoms with Gasteiger partial charge in [0.05, 0.1) is 11.1 Å². The number of halogens is 1. The summed E-state index contributed by atoms with van der Waals surface area (Å²) in [6, 6.07) is 11.0. The number of fused-ring (bicyclic) bond motifs is 1. The van der Waals surface area contributed by atoms with Gasteiger partial charge in [-0.3, -0.25) is 4.98 Å². The molecule has 22 heavy (non-hydrogen) atoms. The van der Waals surface area contributed by atoms with Gasteiger partial charge in [0.15, 0.2) is 0 Å². The molecule has 2 aromatic carbocycles. The summed E-state index contributed by atoms with van der Waals surface area (Å²) < 4.78 is 0. The topological polar surface area (TPSA) is 50.2 Å². The number of rotatable bonds is 2. The van der Waals surface area contributed by atoms with Gasteiger partial charge in [-0.15, -0.1) is 0 Å². The molecular weight excluding hydrogens is 298 g/mol. The fraction of sp³-hybridized carbons (Fsp3) is 0.111. The highest BCUT2D eigenvalue weighted by Gasteiger charge is 2.13. The number of hydrogen-bond donors (Lipinski definition) is 1. The molecule has 0 amide bonds. The minimum Gasteiger partial charge on any atom is -0.478 e. The van der Waals surface area contributed by atoms with Crippen molar-refractivity contribution in [2.45, 2.75) is 13.8 Å². The van der Waals surface area contributed by atoms with Crippen molar-refractivity contribution in [1.82, 2.24) is 4.98 Å². The van der Waals surface area contributed by atoms with E-state index in [0.717, 1.165) is 33.2 Å². The Morgan fingerprint density at radius 1 is 1.09 bits per heavy atom. The second-order valence-corrected chi connectivity index (χ2v) is 5.74. The number of aromatic nitrogens is 1. The molecule has 4 heteroatoms. The van der Waals surface area contributed by atoms with Crippen LogP contribution in [0.4, 0.5) is 0 Å². The summed E-state index contributed by atoms with van der Waals surface area (Å²) in [5.41, 5.74) is 4.72. The maximum Gasteiger partial charge on any atom is 0.335 e. The molecule has 0 atom stereocenters. The van der Waals surface area contributed by atoms with E-state index in [9.17, 15) is 9.90 Å². The van der Waals surface area contributed by atoms with Gasteiger partial charge in [0.2, 0.25) is 0 Å². The van der Waals surface area contributed by atoms with Crippen molar-refractivity contribution in [3.05, 3.63) is 64.3 Å². The van der Waals surface area contributed by atoms with Gasteiger partial charge in [0.25, 0.3) is 0 Å². The SMILES string of the molecule is Cc1ccc(-c2ccnc3c(C)cc(C(=O)O)cc23)c(Cl)c1. The molecule has 0 aliphatic carbocycles. The highest BCUT2D eigenvalue weighted by molar-refractivity contribution is 6.33. The van der Waals surface area contributed by atoms with E-state index in [4.69, 9.17) is 11.6 Å². The number of benzene rings is 2. The van der Waals surface area contributed by atoms with Crippen LogP contribution in [0.5, 0.6) is 0 Å². The Labute approximate surface area is 133 Å². The lowest BCUT2D eigenvalue weighted by Gasteiger charge is -2.11. The number of carboxylic acid groups (broad SMARTS) is 1. The number of carboxylic acids is 1. The van der Waals surface area contributed by atoms with E-state index < -0.39 is 5.97 Å². The Balaban J connectivity index is 2.36. The molecule has 3 rings (SSSR count). The van der Waals surface area contributed by atoms with Crippen molar-refractivity contribution in [2.24, 2.45) is 0 Å². The Hall–Kier alpha value is -2.39. The Kier molecular flexibility index (Phi) is 3.59. The molecule has 0 saturated carbocycles. The largest absolute Gasteiger partial charge is 0.478 e. The van der Waals surface area contributed by atoms with Gasteiger partial charge in [-0.2, -0.15) is 0 Å². The zero-order chi connectivity index (χ0) is 15.9. The van der Waals surface area contributed by atoms with Gasteiger partial charge in [0.1, 0.15) is 0 Å². The molecule has 0 bridgehead atoms. The lowest BCUT2D eigenvalue weighted by Crippen LogP contribution is -1.98. The summed E-state index contributed by atoms with van der Waals surface area (Å²) in [5, 5.41) is 10.7. The summed E-state index contributed by atoms with van der Waals surface area (Å²) in [6.07, 6.45) is 1.72. The monoisotopic (exact) mass is 311 g/mol. The molecule has 0 aliphatic rings. The average Bonchev–Trinajstić information content (AvgIpc) is 2.47. The molecule has 1 aromatic heterocycles. The Morgan fingerprint density at radius 3 is 2.55 bits per heavy atom. The maximum atomic E-state index is 11.3. The van der Waals surface area contributed by atoms with Crippen molar-refractivity contribution in [3.8, 4) is 11.1 Å². The quantitative estimate of drug-likeness (QED) is 0.734. The second kappa shape index (κ2) is 5.43. The number of aryl methyl sites for hydroxylation is 2. The normalized spacial score (nSPS) is 10.9. The van der Waals surface area contributed by atoms with Crippen LogP contribution in [0.1, 0.15) is 21.5 Å². The molecule has 0 fully saturated rings. The van der Waals surface area contributed by atoms with Crippen LogP contribution in [-0.4, -0.2) is 16.1 Å². The van der Waals surface area contributed by atoms with Gasteiger partial charge < -0.3 is 5.11 Å². The van der Waals surface area contributed by atoms with Gasteiger partial charge in [-0.1, -0.05) is 23.7 Å². The van der Waals surface area contributed by atoms with Crippen LogP contribution >= 0.6 is 11.6 Å². The van der Waals surface area contributed by atoms with Crippen molar-refractivity contribution < 1.29 is 9.90 Å². The molecule has 1 N–H and O–H groups in total. The zero-order valence-electron chi connectivity index (χ0n) is 12.2. The predicted octanol–water partition coefficient (Wildman–Crippen LogP) is 4.87. The van der Waals surface area contributed by atoms with E-state index >= 15 is 0 Å². The lowest BCUT2D eigenvalue weighted by atomic mass is 9.97. The summed E-state index contributed by atoms with van der Waals surface area (Å²) in [6.45, 7) is 3.84. The third-order valence-corrected chi connectivity index (χ3v) is 4.01. The van der Waals surface area contributed by atoms with Crippen LogP contribution in [0.2, 0.25) is 5.02 Å². The second-order valence-electron chi connectivity index (χ2n) is 5.34. The number of aromatic carboxylic acids is 1. The van der Waals surface area contributed by atoms with Crippen LogP contribution in [0.15, 0.2) is 42.6 Å². The van der Waals surface area contributed by atoms with E-state index in [1.165, 1.54) is 0 Å². The molecule has 0 unspecified atom stereocenters. The van der Waals surface area contributed by atoms with E-state index in [2.05, 4.69) is 4.98 Å². The van der Waals surface area contributed by atoms with E-state index in [1.54, 1.807) is 18.3 Å². The summed E-state index contributed by atoms with van der Waals surface area (Å²) in [7, 11) is 0. The van der Waals surface area contributed by atoms with Crippen molar-refractivity contribution in [3.63, 3.8) is 0 Å². The van der Waals surface area contributed by atoms with E-state index in [0.29, 0.717) is 5.02 Å². The van der Waals surface area contributed by atoms with Crippen LogP contribution in [0, 0.1) is 13.8 Å². The third-order valence-electron chi connectivity index (χ3n) is 3.70. The van der Waals surface area contributed by atoms with Gasteiger partial charge in [-0.05, 0) is 54.8 Å². The van der Waals surface area contributed by atoms with Crippen LogP contribution in [-0.2, 0) is 0 Å². The van der Waals surface area contributed by atoms with Gasteiger partial charge in [-0.25, -0.2) is 4.79 Å². The van der Waals surface area contributed by atoms with Gasteiger partial charge in [0, 0.05) is 22.2 Å². The van der Waals surface area contributed by atoms with Crippen LogP contribution < -0.4 is 0 Å². The smallest absolute Gasteiger partial charge is 0.335 e. The first-order valence-corrected chi connectivity index (χ1v) is 7.24. The minimum absolute atomic E-state index is 0.252. The van der Waals surface area contributed by atoms with Crippen LogP contribution in [0.3, 0.4) is 0 Å². The predicted molar refractivity (Wildman–Crippen MR) is 88.6 cm³/mol. The fourth-order valence-electron chi connectivity index (χ4n) is 2.63. The van der Waals surface area contributed by atoms with Crippen molar-refractivity contribution in [1.29, 1.82) is 0 Å². The van der Waals surface area contributed by atoms with E-state index in [1.807, 2.05) is 38.1 Å². The number of hydrogen-bond acceptors (Lipinski definition) is 2. The molecule has 0 radical (unpaired) electrons. The van der Waals surface area contributed by atoms with Crippen LogP contribution in [0.25, 0.3) is 22.0 Å². The highest BCUT2D eigenvalue weighted by atomic mass is 35.5. The standard InChI is InChI=1S/C18H14ClNO2/c1-10-3-4-14(16(19)7-10)13-5-6-20-17-11(2)8-12(18(21)22)9-15(13)17/h3-9H,1-2H3,(H,21,22). The minimum atomic E-state index is -0.949. The molecule has 0 spiro atoms. The fourth-order valence-corrected chi connectivity index (χ4v) is 2.97. The first-order chi connectivity index (χ1) is 10.5. The highest BCUT2D eigenvalue weighted by Crippen LogP contribution is 2.34.